The van der Waals surface area contributed by atoms with Crippen molar-refractivity contribution < 1.29 is 13.9 Å². The maximum atomic E-state index is 13.1. The number of hydrogen-bond acceptors (Lipinski definition) is 3. The van der Waals surface area contributed by atoms with Crippen molar-refractivity contribution >= 4 is 16.7 Å². The van der Waals surface area contributed by atoms with E-state index in [0.29, 0.717) is 26.1 Å². The van der Waals surface area contributed by atoms with E-state index < -0.39 is 0 Å². The summed E-state index contributed by atoms with van der Waals surface area (Å²) in [5.41, 5.74) is 2.28. The molecule has 0 bridgehead atoms. The molecular weight excluding hydrogens is 379 g/mol. The topological polar surface area (TPSA) is 41.6 Å². The zero-order valence-electron chi connectivity index (χ0n) is 17.2. The minimum absolute atomic E-state index is 0.00969. The van der Waals surface area contributed by atoms with Gasteiger partial charge in [-0.25, -0.2) is 4.39 Å². The molecule has 4 nitrogen and oxygen atoms in total. The van der Waals surface area contributed by atoms with Crippen LogP contribution in [-0.2, 0) is 16.0 Å². The average molecular weight is 407 g/mol. The van der Waals surface area contributed by atoms with Gasteiger partial charge in [0.2, 0.25) is 5.91 Å². The number of nitrogens with zero attached hydrogens (tertiary/aromatic N) is 1. The summed E-state index contributed by atoms with van der Waals surface area (Å²) in [5.74, 6) is -0.233. The smallest absolute Gasteiger partial charge is 0.248 e. The van der Waals surface area contributed by atoms with Crippen LogP contribution >= 0.6 is 0 Å². The first-order valence-corrected chi connectivity index (χ1v) is 10.4. The third kappa shape index (κ3) is 4.86. The second kappa shape index (κ2) is 9.37. The summed E-state index contributed by atoms with van der Waals surface area (Å²) < 4.78 is 18.8. The molecule has 30 heavy (non-hydrogen) atoms. The van der Waals surface area contributed by atoms with Gasteiger partial charge >= 0.3 is 0 Å². The highest BCUT2D eigenvalue weighted by Gasteiger charge is 2.26. The highest BCUT2D eigenvalue weighted by atomic mass is 19.1. The van der Waals surface area contributed by atoms with E-state index >= 15 is 0 Å². The van der Waals surface area contributed by atoms with Crippen LogP contribution in [0.1, 0.15) is 24.1 Å². The molecule has 0 saturated carbocycles. The predicted molar refractivity (Wildman–Crippen MR) is 117 cm³/mol. The third-order valence-electron chi connectivity index (χ3n) is 5.74. The molecular formula is C25H27FN2O2. The lowest BCUT2D eigenvalue weighted by Gasteiger charge is -2.33. The van der Waals surface area contributed by atoms with Crippen LogP contribution < -0.4 is 5.32 Å². The highest BCUT2D eigenvalue weighted by Crippen LogP contribution is 2.24. The van der Waals surface area contributed by atoms with Crippen molar-refractivity contribution in [2.75, 3.05) is 26.2 Å². The number of fused-ring (bicyclic) bond motifs is 1. The first-order chi connectivity index (χ1) is 14.6. The molecule has 1 aliphatic rings. The lowest BCUT2D eigenvalue weighted by Crippen LogP contribution is -2.50. The molecule has 0 aromatic heterocycles. The summed E-state index contributed by atoms with van der Waals surface area (Å²) >= 11 is 0. The number of rotatable bonds is 7. The largest absolute Gasteiger partial charge is 0.365 e. The summed E-state index contributed by atoms with van der Waals surface area (Å²) in [7, 11) is 0. The third-order valence-corrected chi connectivity index (χ3v) is 5.74. The Labute approximate surface area is 176 Å². The number of halogens is 1. The first-order valence-electron chi connectivity index (χ1n) is 10.4. The molecule has 0 aliphatic carbocycles. The Morgan fingerprint density at radius 2 is 1.87 bits per heavy atom. The molecule has 3 aromatic carbocycles. The fraction of sp³-hybridized carbons (Fsp3) is 0.320. The Morgan fingerprint density at radius 3 is 2.70 bits per heavy atom. The average Bonchev–Trinajstić information content (AvgIpc) is 2.78. The van der Waals surface area contributed by atoms with Crippen LogP contribution in [0.2, 0.25) is 0 Å². The van der Waals surface area contributed by atoms with Gasteiger partial charge in [0.05, 0.1) is 6.10 Å². The van der Waals surface area contributed by atoms with E-state index in [4.69, 9.17) is 4.74 Å². The SMILES string of the molecule is CC(NCC1CN(CCc2ccc(F)cc2)C(=O)CO1)c1cccc2ccccc12. The van der Waals surface area contributed by atoms with E-state index in [1.807, 2.05) is 4.90 Å². The van der Waals surface area contributed by atoms with E-state index in [1.54, 1.807) is 12.1 Å². The van der Waals surface area contributed by atoms with Crippen molar-refractivity contribution in [3.8, 4) is 0 Å². The Kier molecular flexibility index (Phi) is 6.41. The molecule has 1 amide bonds. The van der Waals surface area contributed by atoms with Crippen LogP contribution in [0.25, 0.3) is 10.8 Å². The van der Waals surface area contributed by atoms with E-state index in [1.165, 1.54) is 28.5 Å². The van der Waals surface area contributed by atoms with Crippen LogP contribution in [0.5, 0.6) is 0 Å². The van der Waals surface area contributed by atoms with Crippen molar-refractivity contribution in [1.29, 1.82) is 0 Å². The normalized spacial score (nSPS) is 18.0. The van der Waals surface area contributed by atoms with E-state index in [2.05, 4.69) is 54.7 Å². The molecule has 2 atom stereocenters. The van der Waals surface area contributed by atoms with Gasteiger partial charge in [0, 0.05) is 25.7 Å². The molecule has 1 saturated heterocycles. The van der Waals surface area contributed by atoms with E-state index in [-0.39, 0.29) is 30.5 Å². The molecule has 1 heterocycles. The van der Waals surface area contributed by atoms with Gasteiger partial charge in [0.1, 0.15) is 12.4 Å². The number of amides is 1. The summed E-state index contributed by atoms with van der Waals surface area (Å²) in [5, 5.41) is 6.05. The molecule has 1 aliphatic heterocycles. The van der Waals surface area contributed by atoms with Crippen molar-refractivity contribution in [2.45, 2.75) is 25.5 Å². The summed E-state index contributed by atoms with van der Waals surface area (Å²) in [6.45, 7) is 4.11. The number of hydrogen-bond donors (Lipinski definition) is 1. The molecule has 156 valence electrons. The van der Waals surface area contributed by atoms with Crippen LogP contribution in [0.4, 0.5) is 4.39 Å². The lowest BCUT2D eigenvalue weighted by molar-refractivity contribution is -0.148. The molecule has 1 fully saturated rings. The number of carbonyl (C=O) groups is 1. The zero-order chi connectivity index (χ0) is 20.9. The van der Waals surface area contributed by atoms with Crippen LogP contribution in [0.3, 0.4) is 0 Å². The van der Waals surface area contributed by atoms with Crippen LogP contribution in [0.15, 0.2) is 66.7 Å². The lowest BCUT2D eigenvalue weighted by atomic mass is 9.99. The minimum Gasteiger partial charge on any atom is -0.365 e. The van der Waals surface area contributed by atoms with Gasteiger partial charge in [0.25, 0.3) is 0 Å². The number of morpholine rings is 1. The Morgan fingerprint density at radius 1 is 1.10 bits per heavy atom. The zero-order valence-corrected chi connectivity index (χ0v) is 17.2. The number of benzene rings is 3. The van der Waals surface area contributed by atoms with Crippen LogP contribution in [-0.4, -0.2) is 43.2 Å². The van der Waals surface area contributed by atoms with Gasteiger partial charge in [-0.1, -0.05) is 54.6 Å². The maximum Gasteiger partial charge on any atom is 0.248 e. The van der Waals surface area contributed by atoms with Gasteiger partial charge in [-0.3, -0.25) is 4.79 Å². The molecule has 0 spiro atoms. The van der Waals surface area contributed by atoms with Gasteiger partial charge in [0.15, 0.2) is 0 Å². The fourth-order valence-electron chi connectivity index (χ4n) is 3.98. The van der Waals surface area contributed by atoms with Gasteiger partial charge in [-0.2, -0.15) is 0 Å². The van der Waals surface area contributed by atoms with Crippen molar-refractivity contribution in [3.05, 3.63) is 83.7 Å². The first kappa shape index (κ1) is 20.5. The highest BCUT2D eigenvalue weighted by molar-refractivity contribution is 5.86. The van der Waals surface area contributed by atoms with Gasteiger partial charge in [-0.15, -0.1) is 0 Å². The molecule has 3 aromatic rings. The molecule has 0 radical (unpaired) electrons. The Hall–Kier alpha value is -2.76. The summed E-state index contributed by atoms with van der Waals surface area (Å²) in [6.07, 6.45) is 0.659. The second-order valence-corrected chi connectivity index (χ2v) is 7.85. The molecule has 1 N–H and O–H groups in total. The number of ether oxygens (including phenoxy) is 1. The van der Waals surface area contributed by atoms with Crippen molar-refractivity contribution in [2.24, 2.45) is 0 Å². The molecule has 5 heteroatoms. The quantitative estimate of drug-likeness (QED) is 0.642. The summed E-state index contributed by atoms with van der Waals surface area (Å²) in [6, 6.07) is 21.4. The number of nitrogens with one attached hydrogen (secondary N) is 1. The van der Waals surface area contributed by atoms with Crippen molar-refractivity contribution in [1.82, 2.24) is 10.2 Å². The predicted octanol–water partition coefficient (Wildman–Crippen LogP) is 4.10. The Bertz CT molecular complexity index is 1000. The fourth-order valence-corrected chi connectivity index (χ4v) is 3.98. The Balaban J connectivity index is 1.33. The summed E-state index contributed by atoms with van der Waals surface area (Å²) in [4.78, 5) is 14.1. The monoisotopic (exact) mass is 406 g/mol. The van der Waals surface area contributed by atoms with Gasteiger partial charge in [-0.05, 0) is 47.4 Å². The molecule has 4 rings (SSSR count). The minimum atomic E-state index is -0.243. The van der Waals surface area contributed by atoms with E-state index in [0.717, 1.165) is 5.56 Å². The van der Waals surface area contributed by atoms with E-state index in [9.17, 15) is 9.18 Å². The number of carbonyl (C=O) groups excluding carboxylic acids is 1. The van der Waals surface area contributed by atoms with Gasteiger partial charge < -0.3 is 15.0 Å². The maximum absolute atomic E-state index is 13.1. The van der Waals surface area contributed by atoms with Crippen molar-refractivity contribution in [3.63, 3.8) is 0 Å². The van der Waals surface area contributed by atoms with Crippen LogP contribution in [0, 0.1) is 5.82 Å². The second-order valence-electron chi connectivity index (χ2n) is 7.85. The molecule has 2 unspecified atom stereocenters. The standard InChI is InChI=1S/C25H27FN2O2/c1-18(23-8-4-6-20-5-2-3-7-24(20)23)27-15-22-16-28(25(29)17-30-22)14-13-19-9-11-21(26)12-10-19/h2-12,18,22,27H,13-17H2,1H3.